The van der Waals surface area contributed by atoms with Gasteiger partial charge in [-0.05, 0) is 35.4 Å². The van der Waals surface area contributed by atoms with Gasteiger partial charge in [-0.1, -0.05) is 6.07 Å². The molecule has 0 aromatic heterocycles. The second-order valence-electron chi connectivity index (χ2n) is 5.18. The van der Waals surface area contributed by atoms with Crippen molar-refractivity contribution < 1.29 is 82.0 Å². The third-order valence-corrected chi connectivity index (χ3v) is 3.74. The van der Waals surface area contributed by atoms with Crippen molar-refractivity contribution in [2.24, 2.45) is 0 Å². The molecule has 0 fully saturated rings. The number of rotatable bonds is 7. The zero-order valence-corrected chi connectivity index (χ0v) is 18.3. The molecule has 2 N–H and O–H groups in total. The van der Waals surface area contributed by atoms with E-state index in [1.165, 1.54) is 28.4 Å². The van der Waals surface area contributed by atoms with E-state index in [0.29, 0.717) is 35.0 Å². The molecule has 0 spiro atoms. The number of aromatic hydroxyl groups is 1. The van der Waals surface area contributed by atoms with Crippen LogP contribution in [0.4, 0.5) is 0 Å². The summed E-state index contributed by atoms with van der Waals surface area (Å²) < 4.78 is 20.9. The molecule has 2 aromatic rings. The minimum atomic E-state index is -0.800. The normalized spacial score (nSPS) is 11.2. The fourth-order valence-electron chi connectivity index (χ4n) is 2.50. The number of ether oxygens (including phenoxy) is 4. The Morgan fingerprint density at radius 1 is 0.880 bits per heavy atom. The summed E-state index contributed by atoms with van der Waals surface area (Å²) in [7, 11) is 6.06. The van der Waals surface area contributed by atoms with Crippen molar-refractivity contribution in [3.05, 3.63) is 41.5 Å². The second kappa shape index (κ2) is 10.2. The van der Waals surface area contributed by atoms with E-state index in [9.17, 15) is 10.2 Å². The van der Waals surface area contributed by atoms with E-state index in [1.807, 2.05) is 0 Å². The summed E-state index contributed by atoms with van der Waals surface area (Å²) in [6.07, 6.45) is -0.484. The third-order valence-electron chi connectivity index (χ3n) is 3.74. The predicted molar refractivity (Wildman–Crippen MR) is 90.5 cm³/mol. The molecule has 1 atom stereocenters. The van der Waals surface area contributed by atoms with E-state index in [-0.39, 0.29) is 58.6 Å². The molecule has 0 amide bonds. The topological polar surface area (TPSA) is 77.4 Å². The first kappa shape index (κ1) is 22.1. The molecule has 0 aliphatic heterocycles. The number of hydrogen-bond acceptors (Lipinski definition) is 6. The summed E-state index contributed by atoms with van der Waals surface area (Å²) in [6, 6.07) is 8.43. The molecule has 25 heavy (non-hydrogen) atoms. The van der Waals surface area contributed by atoms with Gasteiger partial charge in [0.05, 0.1) is 34.5 Å². The second-order valence-corrected chi connectivity index (χ2v) is 5.18. The maximum atomic E-state index is 10.5. The Morgan fingerprint density at radius 2 is 1.44 bits per heavy atom. The van der Waals surface area contributed by atoms with E-state index in [4.69, 9.17) is 18.9 Å². The fraction of sp³-hybridized carbons (Fsp3) is 0.333. The summed E-state index contributed by atoms with van der Waals surface area (Å²) >= 11 is 0. The van der Waals surface area contributed by atoms with Crippen LogP contribution in [0.15, 0.2) is 30.3 Å². The van der Waals surface area contributed by atoms with Gasteiger partial charge in [0.1, 0.15) is 0 Å². The first-order valence-electron chi connectivity index (χ1n) is 7.37. The van der Waals surface area contributed by atoms with Crippen LogP contribution in [0, 0.1) is 0 Å². The summed E-state index contributed by atoms with van der Waals surface area (Å²) in [5.41, 5.74) is 1.40. The molecule has 6 nitrogen and oxygen atoms in total. The SMILES string of the molecule is COc1ccc(C[C@@H](O)c2cc(OC)c(OC)c(OC)c2)cc1O.[H-].[K+]. The van der Waals surface area contributed by atoms with Crippen LogP contribution in [0.5, 0.6) is 28.7 Å². The van der Waals surface area contributed by atoms with Crippen molar-refractivity contribution in [1.82, 2.24) is 0 Å². The van der Waals surface area contributed by atoms with Gasteiger partial charge in [-0.2, -0.15) is 0 Å². The Bertz CT molecular complexity index is 685. The van der Waals surface area contributed by atoms with E-state index < -0.39 is 6.10 Å². The van der Waals surface area contributed by atoms with Crippen LogP contribution >= 0.6 is 0 Å². The van der Waals surface area contributed by atoms with Crippen molar-refractivity contribution in [3.63, 3.8) is 0 Å². The average molecular weight is 374 g/mol. The smallest absolute Gasteiger partial charge is 1.00 e. The Kier molecular flexibility index (Phi) is 9.05. The van der Waals surface area contributed by atoms with Crippen LogP contribution in [0.1, 0.15) is 18.7 Å². The van der Waals surface area contributed by atoms with Crippen molar-refractivity contribution >= 4 is 0 Å². The molecular weight excluding hydrogens is 351 g/mol. The van der Waals surface area contributed by atoms with Crippen LogP contribution in [-0.2, 0) is 6.42 Å². The maximum Gasteiger partial charge on any atom is 1.00 e. The van der Waals surface area contributed by atoms with Gasteiger partial charge in [-0.25, -0.2) is 0 Å². The average Bonchev–Trinajstić information content (AvgIpc) is 2.60. The van der Waals surface area contributed by atoms with Gasteiger partial charge in [0, 0.05) is 6.42 Å². The number of phenols is 1. The van der Waals surface area contributed by atoms with Crippen LogP contribution in [0.3, 0.4) is 0 Å². The minimum Gasteiger partial charge on any atom is -1.00 e. The third kappa shape index (κ3) is 5.26. The van der Waals surface area contributed by atoms with Crippen molar-refractivity contribution in [2.45, 2.75) is 12.5 Å². The van der Waals surface area contributed by atoms with Gasteiger partial charge >= 0.3 is 51.4 Å². The van der Waals surface area contributed by atoms with Crippen LogP contribution in [0.25, 0.3) is 0 Å². The Hall–Kier alpha value is -0.964. The summed E-state index contributed by atoms with van der Waals surface area (Å²) in [4.78, 5) is 0. The summed E-state index contributed by atoms with van der Waals surface area (Å²) in [5.74, 6) is 1.85. The largest absolute Gasteiger partial charge is 1.00 e. The molecule has 0 saturated heterocycles. The van der Waals surface area contributed by atoms with Crippen LogP contribution in [-0.4, -0.2) is 38.7 Å². The molecular formula is C18H23KO6. The standard InChI is InChI=1S/C18H22O6.K.H/c1-21-15-6-5-11(8-14(15)20)7-13(19)12-9-16(22-2)18(24-4)17(10-12)23-3;;/h5-6,8-10,13,19-20H,7H2,1-4H3;;/q;+1;-1/t13-;;/m1../s1. The summed E-state index contributed by atoms with van der Waals surface area (Å²) in [5, 5.41) is 20.4. The molecule has 0 aliphatic carbocycles. The van der Waals surface area contributed by atoms with Crippen LogP contribution in [0.2, 0.25) is 0 Å². The van der Waals surface area contributed by atoms with Gasteiger partial charge in [0.25, 0.3) is 0 Å². The molecule has 0 saturated carbocycles. The monoisotopic (exact) mass is 374 g/mol. The Balaban J connectivity index is 0.00000312. The number of hydrogen-bond donors (Lipinski definition) is 2. The maximum absolute atomic E-state index is 10.5. The van der Waals surface area contributed by atoms with Gasteiger partial charge in [0.2, 0.25) is 5.75 Å². The van der Waals surface area contributed by atoms with Gasteiger partial charge in [-0.15, -0.1) is 0 Å². The number of aliphatic hydroxyl groups is 1. The molecule has 132 valence electrons. The molecule has 0 bridgehead atoms. The number of methoxy groups -OCH3 is 4. The molecule has 2 rings (SSSR count). The Morgan fingerprint density at radius 3 is 1.88 bits per heavy atom. The molecule has 0 unspecified atom stereocenters. The molecule has 0 heterocycles. The molecule has 2 aromatic carbocycles. The molecule has 0 aliphatic rings. The fourth-order valence-corrected chi connectivity index (χ4v) is 2.50. The number of benzene rings is 2. The van der Waals surface area contributed by atoms with Crippen molar-refractivity contribution in [2.75, 3.05) is 28.4 Å². The first-order valence-corrected chi connectivity index (χ1v) is 7.37. The zero-order chi connectivity index (χ0) is 17.7. The molecule has 0 radical (unpaired) electrons. The van der Waals surface area contributed by atoms with E-state index in [0.717, 1.165) is 5.56 Å². The van der Waals surface area contributed by atoms with Gasteiger partial charge < -0.3 is 30.6 Å². The van der Waals surface area contributed by atoms with Gasteiger partial charge in [-0.3, -0.25) is 0 Å². The van der Waals surface area contributed by atoms with Crippen molar-refractivity contribution in [3.8, 4) is 28.7 Å². The van der Waals surface area contributed by atoms with E-state index in [1.54, 1.807) is 30.3 Å². The van der Waals surface area contributed by atoms with Gasteiger partial charge in [0.15, 0.2) is 23.0 Å². The number of aliphatic hydroxyl groups excluding tert-OH is 1. The van der Waals surface area contributed by atoms with E-state index in [2.05, 4.69) is 0 Å². The van der Waals surface area contributed by atoms with Crippen LogP contribution < -0.4 is 70.3 Å². The predicted octanol–water partition coefficient (Wildman–Crippen LogP) is -0.181. The minimum absolute atomic E-state index is 0. The zero-order valence-electron chi connectivity index (χ0n) is 16.2. The quantitative estimate of drug-likeness (QED) is 0.655. The molecule has 7 heteroatoms. The Labute approximate surface area is 191 Å². The van der Waals surface area contributed by atoms with E-state index >= 15 is 0 Å². The first-order chi connectivity index (χ1) is 11.5. The summed E-state index contributed by atoms with van der Waals surface area (Å²) in [6.45, 7) is 0. The number of phenolic OH excluding ortho intramolecular Hbond substituents is 1. The van der Waals surface area contributed by atoms with Crippen molar-refractivity contribution in [1.29, 1.82) is 0 Å².